The van der Waals surface area contributed by atoms with Gasteiger partial charge in [-0.15, -0.1) is 0 Å². The Labute approximate surface area is 118 Å². The highest BCUT2D eigenvalue weighted by Crippen LogP contribution is 2.34. The van der Waals surface area contributed by atoms with Crippen LogP contribution < -0.4 is 5.73 Å². The largest absolute Gasteiger partial charge is 0.383 e. The maximum Gasteiger partial charge on any atom is 0.171 e. The summed E-state index contributed by atoms with van der Waals surface area (Å²) in [4.78, 5) is 20.2. The second-order valence-corrected chi connectivity index (χ2v) is 5.61. The van der Waals surface area contributed by atoms with Crippen LogP contribution in [0.25, 0.3) is 17.1 Å². The number of hydrogen-bond donors (Lipinski definition) is 3. The molecule has 1 aliphatic rings. The first-order valence-corrected chi connectivity index (χ1v) is 7.14. The number of allylic oxidation sites excluding steroid dienone is 1. The van der Waals surface area contributed by atoms with E-state index >= 15 is 0 Å². The van der Waals surface area contributed by atoms with Gasteiger partial charge in [0.25, 0.3) is 0 Å². The summed E-state index contributed by atoms with van der Waals surface area (Å²) in [6, 6.07) is 0. The minimum Gasteiger partial charge on any atom is -0.383 e. The van der Waals surface area contributed by atoms with Crippen molar-refractivity contribution in [2.45, 2.75) is 22.9 Å². The summed E-state index contributed by atoms with van der Waals surface area (Å²) in [5.74, 6) is 0.481. The molecule has 0 atom stereocenters. The van der Waals surface area contributed by atoms with Gasteiger partial charge in [-0.1, -0.05) is 6.08 Å². The summed E-state index contributed by atoms with van der Waals surface area (Å²) in [5.41, 5.74) is 8.90. The molecule has 0 spiro atoms. The van der Waals surface area contributed by atoms with Crippen LogP contribution in [0.15, 0.2) is 28.7 Å². The van der Waals surface area contributed by atoms with E-state index in [1.54, 1.807) is 0 Å². The topological polar surface area (TPSA) is 96.3 Å². The van der Waals surface area contributed by atoms with Gasteiger partial charge in [0.05, 0.1) is 11.1 Å². The molecule has 6 nitrogen and oxygen atoms in total. The number of H-pyrrole nitrogens is 2. The lowest BCUT2D eigenvalue weighted by atomic mass is 10.1. The molecule has 100 valence electrons. The van der Waals surface area contributed by atoms with Crippen molar-refractivity contribution in [3.8, 4) is 0 Å². The highest BCUT2D eigenvalue weighted by Gasteiger charge is 2.15. The van der Waals surface area contributed by atoms with Gasteiger partial charge >= 0.3 is 0 Å². The van der Waals surface area contributed by atoms with Gasteiger partial charge in [0, 0.05) is 16.8 Å². The summed E-state index contributed by atoms with van der Waals surface area (Å²) in [7, 11) is 0. The van der Waals surface area contributed by atoms with Crippen molar-refractivity contribution >= 4 is 34.7 Å². The van der Waals surface area contributed by atoms with E-state index in [0.29, 0.717) is 5.82 Å². The van der Waals surface area contributed by atoms with Crippen molar-refractivity contribution < 1.29 is 0 Å². The fourth-order valence-electron chi connectivity index (χ4n) is 2.34. The lowest BCUT2D eigenvalue weighted by Gasteiger charge is -2.00. The van der Waals surface area contributed by atoms with Crippen LogP contribution in [-0.4, -0.2) is 24.9 Å². The molecule has 0 aliphatic heterocycles. The average Bonchev–Trinajstić information content (AvgIpc) is 3.03. The smallest absolute Gasteiger partial charge is 0.171 e. The molecular weight excluding hydrogens is 272 g/mol. The molecule has 4 rings (SSSR count). The van der Waals surface area contributed by atoms with Crippen molar-refractivity contribution in [1.82, 2.24) is 24.9 Å². The average molecular weight is 284 g/mol. The first-order chi connectivity index (χ1) is 9.81. The maximum atomic E-state index is 5.93. The molecular formula is C13H12N6S. The molecule has 3 aromatic heterocycles. The number of nitrogens with zero attached hydrogens (tertiary/aromatic N) is 3. The van der Waals surface area contributed by atoms with E-state index in [0.717, 1.165) is 39.6 Å². The molecule has 3 aromatic rings. The first kappa shape index (κ1) is 11.5. The lowest BCUT2D eigenvalue weighted by Crippen LogP contribution is -1.92. The van der Waals surface area contributed by atoms with E-state index in [2.05, 4.69) is 37.1 Å². The fraction of sp³-hybridized carbons (Fsp3) is 0.154. The fourth-order valence-corrected chi connectivity index (χ4v) is 3.29. The number of aryl methyl sites for hydroxylation is 1. The van der Waals surface area contributed by atoms with Crippen molar-refractivity contribution in [2.24, 2.45) is 0 Å². The zero-order valence-electron chi connectivity index (χ0n) is 10.6. The molecule has 0 radical (unpaired) electrons. The molecule has 0 saturated carbocycles. The number of nitrogens with two attached hydrogens (primary N) is 1. The molecule has 3 heterocycles. The van der Waals surface area contributed by atoms with E-state index in [-0.39, 0.29) is 0 Å². The zero-order chi connectivity index (χ0) is 13.5. The molecule has 0 fully saturated rings. The Bertz CT molecular complexity index is 815. The van der Waals surface area contributed by atoms with Crippen LogP contribution in [0.1, 0.15) is 17.8 Å². The molecule has 20 heavy (non-hydrogen) atoms. The monoisotopic (exact) mass is 284 g/mol. The van der Waals surface area contributed by atoms with E-state index in [4.69, 9.17) is 5.73 Å². The molecule has 0 aromatic carbocycles. The second kappa shape index (κ2) is 4.38. The van der Waals surface area contributed by atoms with Crippen LogP contribution in [0.3, 0.4) is 0 Å². The predicted molar refractivity (Wildman–Crippen MR) is 78.4 cm³/mol. The third-order valence-corrected chi connectivity index (χ3v) is 4.22. The Morgan fingerprint density at radius 2 is 2.25 bits per heavy atom. The van der Waals surface area contributed by atoms with Crippen LogP contribution in [0.4, 0.5) is 5.82 Å². The van der Waals surface area contributed by atoms with Gasteiger partial charge in [-0.25, -0.2) is 15.0 Å². The zero-order valence-corrected chi connectivity index (χ0v) is 11.4. The number of nitrogens with one attached hydrogen (secondary N) is 2. The number of aromatic nitrogens is 5. The summed E-state index contributed by atoms with van der Waals surface area (Å²) in [6.07, 6.45) is 9.63. The number of rotatable bonds is 2. The first-order valence-electron chi connectivity index (χ1n) is 6.32. The van der Waals surface area contributed by atoms with Gasteiger partial charge < -0.3 is 15.7 Å². The van der Waals surface area contributed by atoms with Gasteiger partial charge in [0.2, 0.25) is 0 Å². The van der Waals surface area contributed by atoms with Crippen molar-refractivity contribution in [3.05, 3.63) is 30.0 Å². The Balaban J connectivity index is 1.74. The Kier molecular flexibility index (Phi) is 2.53. The van der Waals surface area contributed by atoms with Gasteiger partial charge in [-0.3, -0.25) is 0 Å². The number of hydrogen-bond acceptors (Lipinski definition) is 5. The summed E-state index contributed by atoms with van der Waals surface area (Å²) in [5, 5.41) is 1.72. The normalized spacial score (nSPS) is 13.8. The maximum absolute atomic E-state index is 5.93. The Morgan fingerprint density at radius 1 is 1.30 bits per heavy atom. The summed E-state index contributed by atoms with van der Waals surface area (Å²) >= 11 is 1.54. The van der Waals surface area contributed by atoms with Gasteiger partial charge in [0.15, 0.2) is 5.16 Å². The minimum absolute atomic E-state index is 0.481. The molecule has 0 bridgehead atoms. The number of nitrogen functional groups attached to an aromatic ring is 1. The highest BCUT2D eigenvalue weighted by molar-refractivity contribution is 7.99. The van der Waals surface area contributed by atoms with E-state index in [9.17, 15) is 0 Å². The van der Waals surface area contributed by atoms with Gasteiger partial charge in [-0.2, -0.15) is 0 Å². The van der Waals surface area contributed by atoms with Crippen molar-refractivity contribution in [1.29, 1.82) is 0 Å². The minimum atomic E-state index is 0.481. The molecule has 4 N–H and O–H groups in total. The lowest BCUT2D eigenvalue weighted by molar-refractivity contribution is 0.926. The Hall–Kier alpha value is -2.28. The number of fused-ring (bicyclic) bond motifs is 2. The van der Waals surface area contributed by atoms with E-state index in [1.165, 1.54) is 23.8 Å². The quantitative estimate of drug-likeness (QED) is 0.671. The van der Waals surface area contributed by atoms with Gasteiger partial charge in [0.1, 0.15) is 17.8 Å². The van der Waals surface area contributed by atoms with Crippen LogP contribution >= 0.6 is 11.8 Å². The third kappa shape index (κ3) is 1.78. The number of imidazole rings is 1. The highest BCUT2D eigenvalue weighted by atomic mass is 32.2. The molecule has 0 unspecified atom stereocenters. The van der Waals surface area contributed by atoms with Crippen LogP contribution in [0.5, 0.6) is 0 Å². The van der Waals surface area contributed by atoms with E-state index < -0.39 is 0 Å². The number of aromatic amines is 2. The third-order valence-electron chi connectivity index (χ3n) is 3.30. The number of anilines is 1. The van der Waals surface area contributed by atoms with Crippen LogP contribution in [0, 0.1) is 0 Å². The second-order valence-electron chi connectivity index (χ2n) is 4.58. The summed E-state index contributed by atoms with van der Waals surface area (Å²) in [6.45, 7) is 0. The van der Waals surface area contributed by atoms with Crippen molar-refractivity contribution in [2.75, 3.05) is 5.73 Å². The van der Waals surface area contributed by atoms with Crippen LogP contribution in [-0.2, 0) is 6.42 Å². The Morgan fingerprint density at radius 3 is 3.15 bits per heavy atom. The molecule has 7 heteroatoms. The van der Waals surface area contributed by atoms with E-state index in [1.807, 2.05) is 6.20 Å². The predicted octanol–water partition coefficient (Wildman–Crippen LogP) is 2.37. The molecule has 1 aliphatic carbocycles. The molecule has 0 amide bonds. The standard InChI is InChI=1S/C13H12N6S/c14-11-10-9(5-15-12(10)17-6-16-11)20-13-18-7-3-1-2-4-8(7)19-13/h1,3,5-6H,2,4H2,(H,18,19)(H3,14,15,16,17). The summed E-state index contributed by atoms with van der Waals surface area (Å²) < 4.78 is 0. The van der Waals surface area contributed by atoms with Gasteiger partial charge in [-0.05, 0) is 30.7 Å². The molecule has 0 saturated heterocycles. The van der Waals surface area contributed by atoms with Crippen molar-refractivity contribution in [3.63, 3.8) is 0 Å². The van der Waals surface area contributed by atoms with Crippen LogP contribution in [0.2, 0.25) is 0 Å². The SMILES string of the molecule is Nc1ncnc2[nH]cc(Sc3nc4c([nH]3)CCC=C4)c12.